The lowest BCUT2D eigenvalue weighted by atomic mass is 9.94. The summed E-state index contributed by atoms with van der Waals surface area (Å²) in [7, 11) is 4.16. The number of hydrogen-bond acceptors (Lipinski definition) is 12. The van der Waals surface area contributed by atoms with Gasteiger partial charge in [0, 0.05) is 46.4 Å². The molecule has 2 saturated heterocycles. The fourth-order valence-corrected chi connectivity index (χ4v) is 10.4. The van der Waals surface area contributed by atoms with Gasteiger partial charge in [0.15, 0.2) is 18.2 Å². The predicted octanol–water partition coefficient (Wildman–Crippen LogP) is 4.46. The summed E-state index contributed by atoms with van der Waals surface area (Å²) in [4.78, 5) is 138. The molecule has 2 aliphatic rings. The zero-order valence-corrected chi connectivity index (χ0v) is 48.7. The molecule has 78 heavy (non-hydrogen) atoms. The SMILES string of the molecule is CC[C@H](C)[C@@H]1NC(=O)[C@@H]2CCCN2C(=O)[C@H](Cc2ccccc2)N(C)C(=O)[C@H](Cc2ccccc2)NC(=O)[C@H](C(C)C)N(C)C(=O)[C@@H]([C@@H](C)CC)OC(=O)[C@H](C(C)(C)O)N(C)C(=O)[C@H](CC(C)C)NC(=O)C(C(C)C)OC1=O. The fraction of sp³-hybridized carbons (Fsp3) is 0.644. The number of amides is 7. The van der Waals surface area contributed by atoms with Crippen LogP contribution in [0.2, 0.25) is 0 Å². The van der Waals surface area contributed by atoms with Gasteiger partial charge < -0.3 is 50.1 Å². The lowest BCUT2D eigenvalue weighted by molar-refractivity contribution is -0.177. The van der Waals surface area contributed by atoms with Crippen LogP contribution in [-0.4, -0.2) is 166 Å². The van der Waals surface area contributed by atoms with Gasteiger partial charge in [0.1, 0.15) is 36.3 Å². The van der Waals surface area contributed by atoms with Gasteiger partial charge in [-0.15, -0.1) is 0 Å². The van der Waals surface area contributed by atoms with Crippen molar-refractivity contribution in [1.29, 1.82) is 0 Å². The van der Waals surface area contributed by atoms with Crippen molar-refractivity contribution < 1.29 is 57.7 Å². The summed E-state index contributed by atoms with van der Waals surface area (Å²) in [6.45, 7) is 20.2. The summed E-state index contributed by atoms with van der Waals surface area (Å²) >= 11 is 0. The van der Waals surface area contributed by atoms with Crippen LogP contribution in [0.4, 0.5) is 0 Å². The summed E-state index contributed by atoms with van der Waals surface area (Å²) < 4.78 is 12.0. The molecule has 2 aromatic rings. The van der Waals surface area contributed by atoms with Gasteiger partial charge in [0.05, 0.1) is 5.60 Å². The van der Waals surface area contributed by atoms with E-state index < -0.39 is 137 Å². The number of esters is 2. The monoisotopic (exact) mass is 1090 g/mol. The number of hydrogen-bond donors (Lipinski definition) is 4. The second-order valence-corrected chi connectivity index (χ2v) is 23.1. The van der Waals surface area contributed by atoms with Crippen LogP contribution < -0.4 is 16.0 Å². The van der Waals surface area contributed by atoms with Crippen LogP contribution in [0.3, 0.4) is 0 Å². The number of nitrogens with zero attached hydrogens (tertiary/aromatic N) is 4. The molecular formula is C59H89N7O12. The van der Waals surface area contributed by atoms with Crippen molar-refractivity contribution in [3.05, 3.63) is 71.8 Å². The molecule has 0 spiro atoms. The third kappa shape index (κ3) is 16.3. The Hall–Kier alpha value is -6.37. The van der Waals surface area contributed by atoms with Gasteiger partial charge in [-0.05, 0) is 74.3 Å². The average molecular weight is 1090 g/mol. The van der Waals surface area contributed by atoms with Crippen molar-refractivity contribution in [2.24, 2.45) is 29.6 Å². The highest BCUT2D eigenvalue weighted by atomic mass is 16.6. The molecule has 19 heteroatoms. The van der Waals surface area contributed by atoms with Gasteiger partial charge in [-0.1, -0.05) is 136 Å². The summed E-state index contributed by atoms with van der Waals surface area (Å²) in [5.41, 5.74) is -0.579. The molecule has 19 nitrogen and oxygen atoms in total. The molecular weight excluding hydrogens is 999 g/mol. The maximum absolute atomic E-state index is 15.2. The van der Waals surface area contributed by atoms with E-state index in [0.29, 0.717) is 24.8 Å². The van der Waals surface area contributed by atoms with Crippen LogP contribution in [0.1, 0.15) is 126 Å². The topological polar surface area (TPSA) is 241 Å². The van der Waals surface area contributed by atoms with Gasteiger partial charge in [0.2, 0.25) is 29.5 Å². The van der Waals surface area contributed by atoms with E-state index in [2.05, 4.69) is 16.0 Å². The van der Waals surface area contributed by atoms with Crippen molar-refractivity contribution in [3.63, 3.8) is 0 Å². The Kier molecular flexibility index (Phi) is 23.4. The van der Waals surface area contributed by atoms with Crippen LogP contribution in [0.25, 0.3) is 0 Å². The molecule has 2 heterocycles. The maximum atomic E-state index is 15.2. The zero-order valence-electron chi connectivity index (χ0n) is 48.7. The summed E-state index contributed by atoms with van der Waals surface area (Å²) in [5.74, 6) is -9.50. The summed E-state index contributed by atoms with van der Waals surface area (Å²) in [6.07, 6.45) is -1.52. The first-order chi connectivity index (χ1) is 36.5. The van der Waals surface area contributed by atoms with E-state index in [4.69, 9.17) is 9.47 Å². The Balaban J connectivity index is 1.95. The molecule has 0 aromatic heterocycles. The minimum atomic E-state index is -1.98. The molecule has 2 aromatic carbocycles. The standard InChI is InChI=1S/C59H89N7O12/c1-16-37(9)45-57(74)77-47(36(7)8)52(69)61-41(31-34(3)4)54(71)65(15)49(59(11,12)76)58(75)78-48(38(10)17-2)56(73)64(14)46(35(5)6)51(68)60-42(32-39-25-20-18-21-26-39)53(70)63(13)44(33-40-27-22-19-23-28-40)55(72)66-30-24-29-43(66)50(67)62-45/h18-23,25-28,34-38,41-49,76H,16-17,24,29-33H2,1-15H3,(H,60,68)(H,61,69)(H,62,67)/t37-,38-,41-,42-,43-,44-,45-,46-,47?,48+,49+/m0/s1. The number of cyclic esters (lactones) is 2. The Labute approximate surface area is 462 Å². The molecule has 0 aliphatic carbocycles. The minimum Gasteiger partial charge on any atom is -0.450 e. The minimum absolute atomic E-state index is 0.0131. The number of rotatable bonds is 13. The van der Waals surface area contributed by atoms with Crippen molar-refractivity contribution in [2.45, 2.75) is 188 Å². The maximum Gasteiger partial charge on any atom is 0.332 e. The highest BCUT2D eigenvalue weighted by Gasteiger charge is 2.48. The van der Waals surface area contributed by atoms with E-state index in [1.54, 1.807) is 72.7 Å². The lowest BCUT2D eigenvalue weighted by Crippen LogP contribution is -2.62. The molecule has 0 saturated carbocycles. The largest absolute Gasteiger partial charge is 0.450 e. The third-order valence-corrected chi connectivity index (χ3v) is 15.2. The van der Waals surface area contributed by atoms with Gasteiger partial charge in [-0.25, -0.2) is 9.59 Å². The van der Waals surface area contributed by atoms with Gasteiger partial charge in [-0.3, -0.25) is 33.6 Å². The molecule has 4 N–H and O–H groups in total. The number of fused-ring (bicyclic) bond motifs is 1. The summed E-state index contributed by atoms with van der Waals surface area (Å²) in [6, 6.07) is 8.97. The highest BCUT2D eigenvalue weighted by molar-refractivity contribution is 5.98. The van der Waals surface area contributed by atoms with E-state index in [1.165, 1.54) is 49.7 Å². The van der Waals surface area contributed by atoms with Crippen molar-refractivity contribution in [1.82, 2.24) is 35.6 Å². The molecule has 1 unspecified atom stereocenters. The second kappa shape index (κ2) is 28.5. The number of ether oxygens (including phenoxy) is 2. The first-order valence-corrected chi connectivity index (χ1v) is 27.8. The van der Waals surface area contributed by atoms with Crippen molar-refractivity contribution in [3.8, 4) is 0 Å². The number of benzene rings is 2. The smallest absolute Gasteiger partial charge is 0.332 e. The molecule has 0 radical (unpaired) electrons. The quantitative estimate of drug-likeness (QED) is 0.204. The molecule has 2 fully saturated rings. The molecule has 11 atom stereocenters. The number of carbonyl (C=O) groups is 9. The first-order valence-electron chi connectivity index (χ1n) is 27.8. The van der Waals surface area contributed by atoms with E-state index in [1.807, 2.05) is 57.2 Å². The third-order valence-electron chi connectivity index (χ3n) is 15.2. The number of carbonyl (C=O) groups excluding carboxylic acids is 9. The van der Waals surface area contributed by atoms with E-state index in [-0.39, 0.29) is 38.1 Å². The molecule has 0 bridgehead atoms. The highest BCUT2D eigenvalue weighted by Crippen LogP contribution is 2.27. The molecule has 432 valence electrons. The van der Waals surface area contributed by atoms with Gasteiger partial charge in [0.25, 0.3) is 11.8 Å². The van der Waals surface area contributed by atoms with E-state index >= 15 is 9.59 Å². The Morgan fingerprint density at radius 3 is 1.63 bits per heavy atom. The van der Waals surface area contributed by atoms with Crippen LogP contribution in [0.15, 0.2) is 60.7 Å². The fourth-order valence-electron chi connectivity index (χ4n) is 10.4. The Morgan fingerprint density at radius 2 is 1.12 bits per heavy atom. The van der Waals surface area contributed by atoms with Crippen molar-refractivity contribution >= 4 is 53.3 Å². The van der Waals surface area contributed by atoms with Gasteiger partial charge in [-0.2, -0.15) is 0 Å². The lowest BCUT2D eigenvalue weighted by Gasteiger charge is -2.39. The van der Waals surface area contributed by atoms with Crippen LogP contribution in [0.5, 0.6) is 0 Å². The predicted molar refractivity (Wildman–Crippen MR) is 295 cm³/mol. The second-order valence-electron chi connectivity index (χ2n) is 23.1. The number of aliphatic hydroxyl groups is 1. The summed E-state index contributed by atoms with van der Waals surface area (Å²) in [5, 5.41) is 20.2. The zero-order chi connectivity index (χ0) is 58.5. The van der Waals surface area contributed by atoms with Crippen molar-refractivity contribution in [2.75, 3.05) is 27.7 Å². The average Bonchev–Trinajstić information content (AvgIpc) is 3.89. The number of nitrogens with one attached hydrogen (secondary N) is 3. The van der Waals surface area contributed by atoms with Crippen LogP contribution in [0, 0.1) is 29.6 Å². The normalized spacial score (nSPS) is 26.6. The molecule has 2 aliphatic heterocycles. The Bertz CT molecular complexity index is 2390. The number of likely N-dealkylation sites (N-methyl/N-ethyl adjacent to an activating group) is 3. The Morgan fingerprint density at radius 1 is 0.590 bits per heavy atom. The molecule has 4 rings (SSSR count). The molecule has 7 amide bonds. The first kappa shape index (κ1) is 64.2. The van der Waals surface area contributed by atoms with Crippen LogP contribution in [-0.2, 0) is 65.5 Å². The van der Waals surface area contributed by atoms with Gasteiger partial charge >= 0.3 is 11.9 Å². The van der Waals surface area contributed by atoms with Crippen LogP contribution >= 0.6 is 0 Å². The van der Waals surface area contributed by atoms with E-state index in [0.717, 1.165) is 10.5 Å². The van der Waals surface area contributed by atoms with E-state index in [9.17, 15) is 38.7 Å².